The van der Waals surface area contributed by atoms with Crippen LogP contribution in [0.25, 0.3) is 0 Å². The maximum atomic E-state index is 11.2. The predicted octanol–water partition coefficient (Wildman–Crippen LogP) is 0.806. The van der Waals surface area contributed by atoms with Crippen LogP contribution in [0.5, 0.6) is 0 Å². The van der Waals surface area contributed by atoms with Crippen LogP contribution in [0.2, 0.25) is 0 Å². The minimum absolute atomic E-state index is 0.0695. The molecule has 0 N–H and O–H groups in total. The molecule has 0 bridgehead atoms. The summed E-state index contributed by atoms with van der Waals surface area (Å²) in [6, 6.07) is 0. The second-order valence-corrected chi connectivity index (χ2v) is 2.96. The highest BCUT2D eigenvalue weighted by Crippen LogP contribution is 2.06. The van der Waals surface area contributed by atoms with Gasteiger partial charge in [-0.3, -0.25) is 14.5 Å². The number of hydrogen-bond donors (Lipinski definition) is 0. The van der Waals surface area contributed by atoms with Gasteiger partial charge in [-0.15, -0.1) is 0 Å². The first-order chi connectivity index (χ1) is 6.15. The molecule has 0 aromatic heterocycles. The zero-order chi connectivity index (χ0) is 10.3. The van der Waals surface area contributed by atoms with Gasteiger partial charge in [-0.25, -0.2) is 0 Å². The number of nitrogens with zero attached hydrogens (tertiary/aromatic N) is 1. The van der Waals surface area contributed by atoms with Gasteiger partial charge < -0.3 is 4.74 Å². The van der Waals surface area contributed by atoms with E-state index in [9.17, 15) is 9.59 Å². The summed E-state index contributed by atoms with van der Waals surface area (Å²) in [5.74, 6) is -0.199. The van der Waals surface area contributed by atoms with Crippen LogP contribution in [0.4, 0.5) is 0 Å². The molecule has 0 aliphatic rings. The third-order valence-corrected chi connectivity index (χ3v) is 1.90. The summed E-state index contributed by atoms with van der Waals surface area (Å²) in [6.45, 7) is 2.03. The highest BCUT2D eigenvalue weighted by Gasteiger charge is 2.14. The number of ether oxygens (including phenoxy) is 1. The molecule has 0 rings (SSSR count). The summed E-state index contributed by atoms with van der Waals surface area (Å²) < 4.78 is 5.09. The van der Waals surface area contributed by atoms with Crippen molar-refractivity contribution in [1.82, 2.24) is 4.90 Å². The highest BCUT2D eigenvalue weighted by atomic mass is 16.5. The lowest BCUT2D eigenvalue weighted by atomic mass is 10.1. The van der Waals surface area contributed by atoms with Crippen molar-refractivity contribution in [2.75, 3.05) is 14.2 Å². The van der Waals surface area contributed by atoms with Crippen molar-refractivity contribution >= 4 is 12.3 Å². The molecule has 76 valence electrons. The largest absolute Gasteiger partial charge is 0.381 e. The van der Waals surface area contributed by atoms with E-state index in [1.54, 1.807) is 7.11 Å². The summed E-state index contributed by atoms with van der Waals surface area (Å²) in [4.78, 5) is 22.5. The minimum atomic E-state index is -0.199. The number of methoxy groups -OCH3 is 1. The molecule has 13 heavy (non-hydrogen) atoms. The van der Waals surface area contributed by atoms with Crippen molar-refractivity contribution in [3.8, 4) is 0 Å². The number of carbonyl (C=O) groups is 2. The molecule has 0 aliphatic heterocycles. The summed E-state index contributed by atoms with van der Waals surface area (Å²) >= 11 is 0. The van der Waals surface area contributed by atoms with Crippen LogP contribution in [-0.2, 0) is 14.3 Å². The van der Waals surface area contributed by atoms with E-state index in [4.69, 9.17) is 4.74 Å². The van der Waals surface area contributed by atoms with Crippen LogP contribution < -0.4 is 0 Å². The Morgan fingerprint density at radius 2 is 2.23 bits per heavy atom. The third kappa shape index (κ3) is 4.62. The van der Waals surface area contributed by atoms with E-state index < -0.39 is 0 Å². The zero-order valence-corrected chi connectivity index (χ0v) is 8.45. The van der Waals surface area contributed by atoms with Crippen molar-refractivity contribution in [3.05, 3.63) is 0 Å². The van der Waals surface area contributed by atoms with Gasteiger partial charge in [0, 0.05) is 14.2 Å². The van der Waals surface area contributed by atoms with Crippen molar-refractivity contribution in [2.45, 2.75) is 32.3 Å². The Morgan fingerprint density at radius 3 is 2.62 bits per heavy atom. The SMILES string of the molecule is CCCC(CC(=O)N(C)C=O)OC. The number of hydrogen-bond acceptors (Lipinski definition) is 3. The van der Waals surface area contributed by atoms with Gasteiger partial charge in [0.2, 0.25) is 12.3 Å². The lowest BCUT2D eigenvalue weighted by Crippen LogP contribution is -2.29. The van der Waals surface area contributed by atoms with Crippen LogP contribution in [0.3, 0.4) is 0 Å². The maximum Gasteiger partial charge on any atom is 0.231 e. The lowest BCUT2D eigenvalue weighted by Gasteiger charge is -2.15. The van der Waals surface area contributed by atoms with E-state index in [-0.39, 0.29) is 18.4 Å². The van der Waals surface area contributed by atoms with Crippen molar-refractivity contribution < 1.29 is 14.3 Å². The quantitative estimate of drug-likeness (QED) is 0.578. The van der Waals surface area contributed by atoms with Gasteiger partial charge in [0.05, 0.1) is 12.5 Å². The van der Waals surface area contributed by atoms with Gasteiger partial charge in [0.25, 0.3) is 0 Å². The molecular formula is C9H17NO3. The van der Waals surface area contributed by atoms with Gasteiger partial charge in [-0.1, -0.05) is 13.3 Å². The lowest BCUT2D eigenvalue weighted by molar-refractivity contribution is -0.138. The molecule has 1 unspecified atom stereocenters. The summed E-state index contributed by atoms with van der Waals surface area (Å²) in [5, 5.41) is 0. The van der Waals surface area contributed by atoms with E-state index in [2.05, 4.69) is 0 Å². The number of carbonyl (C=O) groups excluding carboxylic acids is 2. The molecule has 1 atom stereocenters. The van der Waals surface area contributed by atoms with Crippen molar-refractivity contribution in [2.24, 2.45) is 0 Å². The standard InChI is InChI=1S/C9H17NO3/c1-4-5-8(13-3)6-9(12)10(2)7-11/h7-8H,4-6H2,1-3H3. The van der Waals surface area contributed by atoms with E-state index in [0.717, 1.165) is 17.7 Å². The fraction of sp³-hybridized carbons (Fsp3) is 0.778. The van der Waals surface area contributed by atoms with E-state index in [0.29, 0.717) is 6.41 Å². The smallest absolute Gasteiger partial charge is 0.231 e. The first-order valence-electron chi connectivity index (χ1n) is 4.39. The van der Waals surface area contributed by atoms with Crippen LogP contribution >= 0.6 is 0 Å². The first-order valence-corrected chi connectivity index (χ1v) is 4.39. The second kappa shape index (κ2) is 6.60. The molecule has 0 saturated heterocycles. The van der Waals surface area contributed by atoms with Gasteiger partial charge in [-0.05, 0) is 6.42 Å². The third-order valence-electron chi connectivity index (χ3n) is 1.90. The average molecular weight is 187 g/mol. The normalized spacial score (nSPS) is 12.2. The van der Waals surface area contributed by atoms with Gasteiger partial charge >= 0.3 is 0 Å². The fourth-order valence-electron chi connectivity index (χ4n) is 1.02. The van der Waals surface area contributed by atoms with Crippen molar-refractivity contribution in [3.63, 3.8) is 0 Å². The van der Waals surface area contributed by atoms with E-state index in [1.807, 2.05) is 6.92 Å². The molecule has 0 spiro atoms. The second-order valence-electron chi connectivity index (χ2n) is 2.96. The topological polar surface area (TPSA) is 46.6 Å². The van der Waals surface area contributed by atoms with Crippen molar-refractivity contribution in [1.29, 1.82) is 0 Å². The molecule has 2 amide bonds. The molecule has 0 aromatic rings. The Bertz CT molecular complexity index is 170. The number of imide groups is 1. The predicted molar refractivity (Wildman–Crippen MR) is 49.2 cm³/mol. The van der Waals surface area contributed by atoms with Crippen LogP contribution in [0, 0.1) is 0 Å². The molecule has 0 saturated carbocycles. The molecule has 0 aromatic carbocycles. The minimum Gasteiger partial charge on any atom is -0.381 e. The summed E-state index contributed by atoms with van der Waals surface area (Å²) in [6.07, 6.45) is 2.53. The molecule has 0 aliphatic carbocycles. The Labute approximate surface area is 78.9 Å². The number of rotatable bonds is 6. The monoisotopic (exact) mass is 187 g/mol. The van der Waals surface area contributed by atoms with Gasteiger partial charge in [-0.2, -0.15) is 0 Å². The number of amides is 2. The van der Waals surface area contributed by atoms with Crippen LogP contribution in [-0.4, -0.2) is 37.5 Å². The maximum absolute atomic E-state index is 11.2. The molecule has 4 nitrogen and oxygen atoms in total. The molecular weight excluding hydrogens is 170 g/mol. The van der Waals surface area contributed by atoms with Gasteiger partial charge in [0.1, 0.15) is 0 Å². The summed E-state index contributed by atoms with van der Waals surface area (Å²) in [7, 11) is 3.03. The summed E-state index contributed by atoms with van der Waals surface area (Å²) in [5.41, 5.74) is 0. The Balaban J connectivity index is 3.92. The van der Waals surface area contributed by atoms with Crippen LogP contribution in [0.1, 0.15) is 26.2 Å². The highest BCUT2D eigenvalue weighted by molar-refractivity contribution is 5.85. The Kier molecular flexibility index (Phi) is 6.14. The Morgan fingerprint density at radius 1 is 1.62 bits per heavy atom. The molecule has 0 radical (unpaired) electrons. The average Bonchev–Trinajstić information content (AvgIpc) is 2.15. The van der Waals surface area contributed by atoms with Crippen LogP contribution in [0.15, 0.2) is 0 Å². The zero-order valence-electron chi connectivity index (χ0n) is 8.45. The van der Waals surface area contributed by atoms with Gasteiger partial charge in [0.15, 0.2) is 0 Å². The van der Waals surface area contributed by atoms with E-state index >= 15 is 0 Å². The Hall–Kier alpha value is -0.900. The molecule has 4 heteroatoms. The molecule has 0 heterocycles. The van der Waals surface area contributed by atoms with E-state index in [1.165, 1.54) is 7.05 Å². The molecule has 0 fully saturated rings. The first kappa shape index (κ1) is 12.1. The fourth-order valence-corrected chi connectivity index (χ4v) is 1.02.